The number of carbonyl (C=O) groups excluding carboxylic acids is 2. The van der Waals surface area contributed by atoms with Gasteiger partial charge in [0.2, 0.25) is 5.91 Å². The van der Waals surface area contributed by atoms with Crippen LogP contribution in [0.1, 0.15) is 39.7 Å². The van der Waals surface area contributed by atoms with Gasteiger partial charge >= 0.3 is 6.03 Å². The van der Waals surface area contributed by atoms with Crippen LogP contribution in [0, 0.1) is 18.3 Å². The van der Waals surface area contributed by atoms with E-state index in [1.165, 1.54) is 0 Å². The minimum Gasteiger partial charge on any atom is -0.490 e. The van der Waals surface area contributed by atoms with Gasteiger partial charge in [-0.15, -0.1) is 0 Å². The number of urea groups is 1. The topological polar surface area (TPSA) is 70.7 Å². The number of benzene rings is 2. The fraction of sp³-hybridized carbons (Fsp3) is 0.417. The Morgan fingerprint density at radius 2 is 1.90 bits per heavy atom. The second-order valence-electron chi connectivity index (χ2n) is 8.89. The molecule has 3 rings (SSSR count). The third-order valence-corrected chi connectivity index (χ3v) is 5.24. The fourth-order valence-corrected chi connectivity index (χ4v) is 3.33. The first kappa shape index (κ1) is 21.7. The molecule has 0 aromatic heterocycles. The number of nitrogens with one attached hydrogen (secondary N) is 2. The van der Waals surface area contributed by atoms with Crippen LogP contribution in [0.25, 0.3) is 0 Å². The Labute approximate surface area is 178 Å². The maximum atomic E-state index is 13.1. The molecule has 160 valence electrons. The van der Waals surface area contributed by atoms with Crippen molar-refractivity contribution in [2.24, 2.45) is 11.3 Å². The molecule has 0 radical (unpaired) electrons. The highest BCUT2D eigenvalue weighted by Crippen LogP contribution is 2.38. The van der Waals surface area contributed by atoms with Gasteiger partial charge in [-0.05, 0) is 56.9 Å². The average molecular weight is 410 g/mol. The Hall–Kier alpha value is -3.02. The Kier molecular flexibility index (Phi) is 6.34. The lowest BCUT2D eigenvalue weighted by Gasteiger charge is -2.28. The molecule has 1 aliphatic rings. The van der Waals surface area contributed by atoms with Gasteiger partial charge in [0.1, 0.15) is 12.4 Å². The number of nitrogens with zero attached hydrogens (tertiary/aromatic N) is 1. The van der Waals surface area contributed by atoms with E-state index in [1.807, 2.05) is 56.0 Å². The Bertz CT molecular complexity index is 937. The molecule has 2 aromatic carbocycles. The van der Waals surface area contributed by atoms with Crippen molar-refractivity contribution in [3.8, 4) is 5.75 Å². The number of hydrogen-bond donors (Lipinski definition) is 2. The Morgan fingerprint density at radius 1 is 1.17 bits per heavy atom. The number of ether oxygens (including phenoxy) is 1. The zero-order valence-electron chi connectivity index (χ0n) is 18.4. The van der Waals surface area contributed by atoms with Gasteiger partial charge < -0.3 is 20.3 Å². The van der Waals surface area contributed by atoms with E-state index in [2.05, 4.69) is 24.5 Å². The quantitative estimate of drug-likeness (QED) is 0.691. The summed E-state index contributed by atoms with van der Waals surface area (Å²) < 4.78 is 6.00. The number of carbonyl (C=O) groups is 2. The molecule has 6 nitrogen and oxygen atoms in total. The summed E-state index contributed by atoms with van der Waals surface area (Å²) in [4.78, 5) is 27.4. The first-order valence-electron chi connectivity index (χ1n) is 10.4. The van der Waals surface area contributed by atoms with Gasteiger partial charge in [0, 0.05) is 24.0 Å². The number of amides is 3. The summed E-state index contributed by atoms with van der Waals surface area (Å²) in [6, 6.07) is 12.7. The summed E-state index contributed by atoms with van der Waals surface area (Å²) in [6.45, 7) is 11.0. The van der Waals surface area contributed by atoms with Crippen molar-refractivity contribution >= 4 is 29.0 Å². The molecule has 0 unspecified atom stereocenters. The van der Waals surface area contributed by atoms with Gasteiger partial charge in [0.25, 0.3) is 0 Å². The number of para-hydroxylation sites is 1. The van der Waals surface area contributed by atoms with Crippen molar-refractivity contribution < 1.29 is 14.3 Å². The van der Waals surface area contributed by atoms with Crippen LogP contribution in [0.3, 0.4) is 0 Å². The van der Waals surface area contributed by atoms with Crippen molar-refractivity contribution in [1.82, 2.24) is 0 Å². The molecule has 0 bridgehead atoms. The Balaban J connectivity index is 1.81. The molecular weight excluding hydrogens is 378 g/mol. The molecule has 2 aromatic rings. The summed E-state index contributed by atoms with van der Waals surface area (Å²) in [7, 11) is 0. The Morgan fingerprint density at radius 3 is 2.60 bits per heavy atom. The third-order valence-electron chi connectivity index (χ3n) is 5.24. The van der Waals surface area contributed by atoms with E-state index in [1.54, 1.807) is 12.1 Å². The molecule has 0 saturated carbocycles. The van der Waals surface area contributed by atoms with E-state index in [9.17, 15) is 9.59 Å². The number of rotatable bonds is 5. The van der Waals surface area contributed by atoms with Crippen molar-refractivity contribution in [2.75, 3.05) is 28.7 Å². The predicted octanol–water partition coefficient (Wildman–Crippen LogP) is 5.44. The lowest BCUT2D eigenvalue weighted by Crippen LogP contribution is -2.42. The molecule has 0 aliphatic carbocycles. The van der Waals surface area contributed by atoms with E-state index in [4.69, 9.17) is 4.74 Å². The van der Waals surface area contributed by atoms with Crippen molar-refractivity contribution in [2.45, 2.75) is 41.0 Å². The summed E-state index contributed by atoms with van der Waals surface area (Å²) >= 11 is 0. The molecule has 3 amide bonds. The van der Waals surface area contributed by atoms with Crippen LogP contribution < -0.4 is 20.3 Å². The normalized spacial score (nSPS) is 15.3. The van der Waals surface area contributed by atoms with Crippen LogP contribution in [0.2, 0.25) is 0 Å². The number of hydrogen-bond acceptors (Lipinski definition) is 3. The second-order valence-corrected chi connectivity index (χ2v) is 8.89. The standard InChI is InChI=1S/C24H31N3O3/c1-16(2)12-13-27-20-11-10-18(14-21(20)30-15-24(4,5)22(27)28)25-23(29)26-19-9-7-6-8-17(19)3/h6-11,14,16H,12-13,15H2,1-5H3,(H2,25,26,29). The zero-order valence-corrected chi connectivity index (χ0v) is 18.4. The van der Waals surface area contributed by atoms with Gasteiger partial charge in [-0.1, -0.05) is 32.0 Å². The van der Waals surface area contributed by atoms with Crippen molar-refractivity contribution in [3.63, 3.8) is 0 Å². The highest BCUT2D eigenvalue weighted by Gasteiger charge is 2.37. The minimum atomic E-state index is -0.619. The van der Waals surface area contributed by atoms with Gasteiger partial charge in [-0.25, -0.2) is 4.79 Å². The van der Waals surface area contributed by atoms with Crippen LogP contribution in [-0.2, 0) is 4.79 Å². The van der Waals surface area contributed by atoms with Crippen molar-refractivity contribution in [1.29, 1.82) is 0 Å². The lowest BCUT2D eigenvalue weighted by atomic mass is 9.92. The van der Waals surface area contributed by atoms with E-state index < -0.39 is 5.41 Å². The molecule has 1 aliphatic heterocycles. The molecule has 6 heteroatoms. The average Bonchev–Trinajstić information content (AvgIpc) is 2.77. The molecule has 0 atom stereocenters. The molecule has 0 fully saturated rings. The monoisotopic (exact) mass is 409 g/mol. The van der Waals surface area contributed by atoms with Crippen LogP contribution >= 0.6 is 0 Å². The minimum absolute atomic E-state index is 0.0555. The lowest BCUT2D eigenvalue weighted by molar-refractivity contribution is -0.127. The van der Waals surface area contributed by atoms with Gasteiger partial charge in [-0.3, -0.25) is 4.79 Å². The van der Waals surface area contributed by atoms with Gasteiger partial charge in [0.05, 0.1) is 11.1 Å². The van der Waals surface area contributed by atoms with Crippen LogP contribution in [0.4, 0.5) is 21.9 Å². The van der Waals surface area contributed by atoms with Gasteiger partial charge in [0.15, 0.2) is 0 Å². The summed E-state index contributed by atoms with van der Waals surface area (Å²) in [5, 5.41) is 5.71. The molecule has 0 saturated heterocycles. The first-order valence-corrected chi connectivity index (χ1v) is 10.4. The maximum Gasteiger partial charge on any atom is 0.323 e. The predicted molar refractivity (Wildman–Crippen MR) is 121 cm³/mol. The fourth-order valence-electron chi connectivity index (χ4n) is 3.33. The smallest absolute Gasteiger partial charge is 0.323 e. The second kappa shape index (κ2) is 8.78. The molecule has 30 heavy (non-hydrogen) atoms. The zero-order chi connectivity index (χ0) is 21.9. The van der Waals surface area contributed by atoms with Crippen molar-refractivity contribution in [3.05, 3.63) is 48.0 Å². The summed E-state index contributed by atoms with van der Waals surface area (Å²) in [6.07, 6.45) is 0.903. The maximum absolute atomic E-state index is 13.1. The van der Waals surface area contributed by atoms with E-state index >= 15 is 0 Å². The van der Waals surface area contributed by atoms with E-state index in [0.29, 0.717) is 23.9 Å². The van der Waals surface area contributed by atoms with E-state index in [-0.39, 0.29) is 18.5 Å². The number of fused-ring (bicyclic) bond motifs is 1. The molecular formula is C24H31N3O3. The highest BCUT2D eigenvalue weighted by atomic mass is 16.5. The third kappa shape index (κ3) is 4.93. The first-order chi connectivity index (χ1) is 14.2. The largest absolute Gasteiger partial charge is 0.490 e. The number of aryl methyl sites for hydroxylation is 1. The van der Waals surface area contributed by atoms with Gasteiger partial charge in [-0.2, -0.15) is 0 Å². The summed E-state index contributed by atoms with van der Waals surface area (Å²) in [5.41, 5.74) is 2.48. The highest BCUT2D eigenvalue weighted by molar-refractivity contribution is 6.02. The van der Waals surface area contributed by atoms with Crippen LogP contribution in [0.15, 0.2) is 42.5 Å². The SMILES string of the molecule is Cc1ccccc1NC(=O)Nc1ccc2c(c1)OCC(C)(C)C(=O)N2CCC(C)C. The molecule has 1 heterocycles. The van der Waals surface area contributed by atoms with E-state index in [0.717, 1.165) is 23.4 Å². The summed E-state index contributed by atoms with van der Waals surface area (Å²) in [5.74, 6) is 1.14. The molecule has 0 spiro atoms. The molecule has 2 N–H and O–H groups in total. The van der Waals surface area contributed by atoms with Crippen LogP contribution in [-0.4, -0.2) is 25.1 Å². The van der Waals surface area contributed by atoms with Crippen LogP contribution in [0.5, 0.6) is 5.75 Å². The number of anilines is 3.